The van der Waals surface area contributed by atoms with Gasteiger partial charge in [0.15, 0.2) is 0 Å². The van der Waals surface area contributed by atoms with Crippen LogP contribution >= 0.6 is 0 Å². The second-order valence-corrected chi connectivity index (χ2v) is 7.96. The second kappa shape index (κ2) is 7.61. The van der Waals surface area contributed by atoms with Gasteiger partial charge in [0.2, 0.25) is 0 Å². The minimum Gasteiger partial charge on any atom is -0.508 e. The third-order valence-electron chi connectivity index (χ3n) is 5.67. The van der Waals surface area contributed by atoms with Crippen molar-refractivity contribution in [2.75, 3.05) is 11.9 Å². The summed E-state index contributed by atoms with van der Waals surface area (Å²) < 4.78 is 13.9. The van der Waals surface area contributed by atoms with Crippen molar-refractivity contribution in [1.82, 2.24) is 4.98 Å². The molecule has 29 heavy (non-hydrogen) atoms. The van der Waals surface area contributed by atoms with E-state index in [-0.39, 0.29) is 36.2 Å². The molecule has 1 saturated carbocycles. The van der Waals surface area contributed by atoms with Gasteiger partial charge in [-0.1, -0.05) is 13.0 Å². The molecule has 0 bridgehead atoms. The van der Waals surface area contributed by atoms with Crippen LogP contribution in [0.2, 0.25) is 0 Å². The summed E-state index contributed by atoms with van der Waals surface area (Å²) in [4.78, 5) is 4.74. The van der Waals surface area contributed by atoms with Gasteiger partial charge in [-0.2, -0.15) is 0 Å². The van der Waals surface area contributed by atoms with Crippen molar-refractivity contribution in [3.05, 3.63) is 53.3 Å². The van der Waals surface area contributed by atoms with Gasteiger partial charge in [-0.3, -0.25) is 0 Å². The van der Waals surface area contributed by atoms with Crippen LogP contribution in [-0.2, 0) is 0 Å². The van der Waals surface area contributed by atoms with Crippen molar-refractivity contribution in [2.45, 2.75) is 44.8 Å². The number of nitrogens with one attached hydrogen (secondary N) is 1. The van der Waals surface area contributed by atoms with E-state index in [9.17, 15) is 19.7 Å². The first kappa shape index (κ1) is 19.6. The number of hydrogen-bond acceptors (Lipinski definition) is 5. The number of aliphatic hydroxyl groups excluding tert-OH is 2. The molecule has 4 rings (SSSR count). The number of benzene rings is 2. The van der Waals surface area contributed by atoms with Crippen molar-refractivity contribution < 1.29 is 19.7 Å². The van der Waals surface area contributed by atoms with Gasteiger partial charge in [0, 0.05) is 35.6 Å². The number of aryl methyl sites for hydroxylation is 1. The first-order valence-electron chi connectivity index (χ1n) is 9.86. The lowest BCUT2D eigenvalue weighted by Gasteiger charge is -2.34. The van der Waals surface area contributed by atoms with Crippen molar-refractivity contribution >= 4 is 16.7 Å². The number of pyridine rings is 1. The zero-order chi connectivity index (χ0) is 20.7. The summed E-state index contributed by atoms with van der Waals surface area (Å²) in [6, 6.07) is 10.1. The van der Waals surface area contributed by atoms with Gasteiger partial charge in [0.05, 0.1) is 11.6 Å². The molecule has 1 atom stereocenters. The Kier molecular flexibility index (Phi) is 5.15. The zero-order valence-electron chi connectivity index (χ0n) is 16.5. The van der Waals surface area contributed by atoms with Crippen LogP contribution in [0.25, 0.3) is 22.0 Å². The Balaban J connectivity index is 1.99. The van der Waals surface area contributed by atoms with Crippen LogP contribution in [0.5, 0.6) is 5.75 Å². The highest BCUT2D eigenvalue weighted by molar-refractivity contribution is 5.99. The first-order chi connectivity index (χ1) is 13.9. The highest BCUT2D eigenvalue weighted by atomic mass is 19.1. The van der Waals surface area contributed by atoms with Crippen molar-refractivity contribution in [3.8, 4) is 16.9 Å². The van der Waals surface area contributed by atoms with Gasteiger partial charge >= 0.3 is 0 Å². The van der Waals surface area contributed by atoms with Crippen LogP contribution in [-0.4, -0.2) is 39.1 Å². The predicted octanol–water partition coefficient (Wildman–Crippen LogP) is 4.09. The lowest BCUT2D eigenvalue weighted by Crippen LogP contribution is -2.39. The van der Waals surface area contributed by atoms with E-state index in [1.807, 2.05) is 6.92 Å². The van der Waals surface area contributed by atoms with Crippen LogP contribution < -0.4 is 5.32 Å². The summed E-state index contributed by atoms with van der Waals surface area (Å²) in [5, 5.41) is 33.8. The molecule has 1 fully saturated rings. The molecule has 1 heterocycles. The highest BCUT2D eigenvalue weighted by Crippen LogP contribution is 2.41. The lowest BCUT2D eigenvalue weighted by atomic mass is 9.86. The maximum absolute atomic E-state index is 13.9. The molecule has 3 aromatic rings. The normalized spacial score (nSPS) is 19.8. The number of aromatic nitrogens is 1. The number of phenolic OH excluding ortho intramolecular Hbond substituents is 1. The fourth-order valence-corrected chi connectivity index (χ4v) is 3.96. The molecular formula is C23H25FN2O3. The smallest absolute Gasteiger partial charge is 0.131 e. The number of hydrogen-bond donors (Lipinski definition) is 4. The third kappa shape index (κ3) is 3.66. The van der Waals surface area contributed by atoms with Crippen LogP contribution in [0.3, 0.4) is 0 Å². The molecule has 0 radical (unpaired) electrons. The molecule has 1 aliphatic carbocycles. The summed E-state index contributed by atoms with van der Waals surface area (Å²) in [5.41, 5.74) is 3.68. The Morgan fingerprint density at radius 2 is 1.97 bits per heavy atom. The van der Waals surface area contributed by atoms with E-state index in [0.29, 0.717) is 29.7 Å². The molecule has 6 heteroatoms. The van der Waals surface area contributed by atoms with Gasteiger partial charge < -0.3 is 20.6 Å². The molecule has 1 unspecified atom stereocenters. The fourth-order valence-electron chi connectivity index (χ4n) is 3.96. The monoisotopic (exact) mass is 396 g/mol. The van der Waals surface area contributed by atoms with E-state index in [2.05, 4.69) is 5.32 Å². The number of nitrogens with zero attached hydrogens (tertiary/aromatic N) is 1. The summed E-state index contributed by atoms with van der Waals surface area (Å²) >= 11 is 0. The van der Waals surface area contributed by atoms with Crippen LogP contribution in [0, 0.1) is 12.7 Å². The molecule has 0 saturated heterocycles. The average Bonchev–Trinajstić information content (AvgIpc) is 2.67. The van der Waals surface area contributed by atoms with Crippen molar-refractivity contribution in [2.24, 2.45) is 0 Å². The Morgan fingerprint density at radius 3 is 2.62 bits per heavy atom. The maximum Gasteiger partial charge on any atom is 0.131 e. The minimum atomic E-state index is -0.310. The number of aliphatic hydroxyl groups is 2. The average molecular weight is 396 g/mol. The second-order valence-electron chi connectivity index (χ2n) is 7.96. The van der Waals surface area contributed by atoms with Gasteiger partial charge in [-0.25, -0.2) is 9.37 Å². The SMILES string of the molecule is Cc1cc(-c2c(C(C)CO)c(NC3CC(O)C3)nc3cc(O)ccc23)ccc1F. The Morgan fingerprint density at radius 1 is 1.21 bits per heavy atom. The first-order valence-corrected chi connectivity index (χ1v) is 9.86. The van der Waals surface area contributed by atoms with Crippen molar-refractivity contribution in [3.63, 3.8) is 0 Å². The maximum atomic E-state index is 13.9. The molecule has 1 aromatic heterocycles. The lowest BCUT2D eigenvalue weighted by molar-refractivity contribution is 0.0835. The van der Waals surface area contributed by atoms with Gasteiger partial charge in [-0.15, -0.1) is 0 Å². The largest absolute Gasteiger partial charge is 0.508 e. The molecule has 1 aliphatic rings. The van der Waals surface area contributed by atoms with E-state index >= 15 is 0 Å². The predicted molar refractivity (Wildman–Crippen MR) is 112 cm³/mol. The third-order valence-corrected chi connectivity index (χ3v) is 5.67. The fraction of sp³-hybridized carbons (Fsp3) is 0.348. The van der Waals surface area contributed by atoms with Gasteiger partial charge in [-0.05, 0) is 60.7 Å². The van der Waals surface area contributed by atoms with Gasteiger partial charge in [0.25, 0.3) is 0 Å². The van der Waals surface area contributed by atoms with Crippen LogP contribution in [0.1, 0.15) is 36.8 Å². The summed E-state index contributed by atoms with van der Waals surface area (Å²) in [5.74, 6) is 0.245. The molecule has 4 N–H and O–H groups in total. The summed E-state index contributed by atoms with van der Waals surface area (Å²) in [6.07, 6.45) is 0.963. The van der Waals surface area contributed by atoms with Crippen molar-refractivity contribution in [1.29, 1.82) is 0 Å². The van der Waals surface area contributed by atoms with E-state index in [0.717, 1.165) is 22.1 Å². The molecule has 152 valence electrons. The highest BCUT2D eigenvalue weighted by Gasteiger charge is 2.30. The molecular weight excluding hydrogens is 371 g/mol. The zero-order valence-corrected chi connectivity index (χ0v) is 16.5. The number of aromatic hydroxyl groups is 1. The van der Waals surface area contributed by atoms with E-state index in [1.54, 1.807) is 37.3 Å². The molecule has 0 aliphatic heterocycles. The Bertz CT molecular complexity index is 1060. The van der Waals surface area contributed by atoms with Gasteiger partial charge in [0.1, 0.15) is 17.4 Å². The number of fused-ring (bicyclic) bond motifs is 1. The van der Waals surface area contributed by atoms with Crippen LogP contribution in [0.15, 0.2) is 36.4 Å². The minimum absolute atomic E-state index is 0.0690. The topological polar surface area (TPSA) is 85.6 Å². The number of phenols is 1. The van der Waals surface area contributed by atoms with E-state index < -0.39 is 0 Å². The summed E-state index contributed by atoms with van der Waals surface area (Å²) in [6.45, 7) is 3.57. The number of halogens is 1. The standard InChI is InChI=1S/C23H25FN2O3/c1-12-7-14(3-6-19(12)24)22-18-5-4-16(28)10-20(18)26-23(21(22)13(2)11-27)25-15-8-17(29)9-15/h3-7,10,13,15,17,27-29H,8-9,11H2,1-2H3,(H,25,26). The molecule has 0 amide bonds. The number of anilines is 1. The van der Waals surface area contributed by atoms with Crippen LogP contribution in [0.4, 0.5) is 10.2 Å². The van der Waals surface area contributed by atoms with E-state index in [1.165, 1.54) is 6.07 Å². The molecule has 5 nitrogen and oxygen atoms in total. The molecule has 0 spiro atoms. The Labute approximate surface area is 168 Å². The quantitative estimate of drug-likeness (QED) is 0.522. The number of rotatable bonds is 5. The van der Waals surface area contributed by atoms with E-state index in [4.69, 9.17) is 4.98 Å². The molecule has 2 aromatic carbocycles. The summed E-state index contributed by atoms with van der Waals surface area (Å²) in [7, 11) is 0. The Hall–Kier alpha value is -2.70.